The van der Waals surface area contributed by atoms with Crippen LogP contribution in [0.5, 0.6) is 0 Å². The predicted octanol–water partition coefficient (Wildman–Crippen LogP) is 5.44. The highest BCUT2D eigenvalue weighted by Crippen LogP contribution is 2.50. The first-order valence-electron chi connectivity index (χ1n) is 10.7. The van der Waals surface area contributed by atoms with Crippen LogP contribution in [0.3, 0.4) is 0 Å². The van der Waals surface area contributed by atoms with Gasteiger partial charge in [0.25, 0.3) is 0 Å². The molecule has 1 amide bonds. The van der Waals surface area contributed by atoms with E-state index in [9.17, 15) is 9.59 Å². The summed E-state index contributed by atoms with van der Waals surface area (Å²) >= 11 is 0. The third kappa shape index (κ3) is 4.38. The van der Waals surface area contributed by atoms with E-state index in [0.29, 0.717) is 6.42 Å². The highest BCUT2D eigenvalue weighted by atomic mass is 16.5. The molecule has 0 aromatic heterocycles. The van der Waals surface area contributed by atoms with Crippen LogP contribution in [0, 0.1) is 0 Å². The zero-order valence-corrected chi connectivity index (χ0v) is 17.8. The molecular weight excluding hydrogens is 386 g/mol. The molecule has 4 rings (SSSR count). The number of hydrogen-bond donors (Lipinski definition) is 0. The number of nitrogens with zero attached hydrogens (tertiary/aromatic N) is 1. The fraction of sp³-hybridized carbons (Fsp3) is 0.259. The number of esters is 1. The summed E-state index contributed by atoms with van der Waals surface area (Å²) in [5.41, 5.74) is 3.13. The minimum atomic E-state index is -0.356. The highest BCUT2D eigenvalue weighted by molar-refractivity contribution is 5.75. The summed E-state index contributed by atoms with van der Waals surface area (Å²) in [6, 6.07) is 29.7. The van der Waals surface area contributed by atoms with Crippen LogP contribution in [-0.4, -0.2) is 22.9 Å². The maximum atomic E-state index is 13.1. The lowest BCUT2D eigenvalue weighted by Gasteiger charge is -2.50. The number of carbonyl (C=O) groups excluding carboxylic acids is 2. The number of rotatable bonds is 4. The van der Waals surface area contributed by atoms with E-state index in [1.165, 1.54) is 6.92 Å². The third-order valence-corrected chi connectivity index (χ3v) is 6.02. The molecule has 1 aliphatic heterocycles. The van der Waals surface area contributed by atoms with Crippen LogP contribution in [-0.2, 0) is 14.3 Å². The summed E-state index contributed by atoms with van der Waals surface area (Å²) in [5.74, 6) is -0.470. The van der Waals surface area contributed by atoms with Crippen molar-refractivity contribution in [3.05, 3.63) is 108 Å². The van der Waals surface area contributed by atoms with E-state index in [4.69, 9.17) is 4.74 Å². The van der Waals surface area contributed by atoms with Gasteiger partial charge in [-0.15, -0.1) is 0 Å². The number of piperidine rings is 1. The Bertz CT molecular complexity index is 1020. The van der Waals surface area contributed by atoms with Crippen LogP contribution in [0.1, 0.15) is 55.0 Å². The van der Waals surface area contributed by atoms with Gasteiger partial charge in [0.15, 0.2) is 0 Å². The van der Waals surface area contributed by atoms with Gasteiger partial charge in [-0.2, -0.15) is 0 Å². The SMILES string of the molecule is CC(=O)O[C@@H]1C[C@H](c2ccccc2)N(C(C)=O)[C@H](c2ccccc2)[C@H]1c1ccccc1. The molecule has 0 saturated carbocycles. The van der Waals surface area contributed by atoms with Crippen molar-refractivity contribution in [2.45, 2.75) is 44.4 Å². The second kappa shape index (κ2) is 9.17. The molecule has 0 unspecified atom stereocenters. The summed E-state index contributed by atoms with van der Waals surface area (Å²) in [4.78, 5) is 27.2. The second-order valence-electron chi connectivity index (χ2n) is 8.03. The lowest BCUT2D eigenvalue weighted by atomic mass is 9.74. The number of likely N-dealkylation sites (tertiary alicyclic amines) is 1. The van der Waals surface area contributed by atoms with E-state index in [2.05, 4.69) is 24.3 Å². The van der Waals surface area contributed by atoms with Gasteiger partial charge in [0.05, 0.1) is 12.1 Å². The van der Waals surface area contributed by atoms with Gasteiger partial charge >= 0.3 is 5.97 Å². The van der Waals surface area contributed by atoms with Gasteiger partial charge in [-0.1, -0.05) is 91.0 Å². The molecule has 1 fully saturated rings. The predicted molar refractivity (Wildman–Crippen MR) is 120 cm³/mol. The van der Waals surface area contributed by atoms with Crippen molar-refractivity contribution in [2.24, 2.45) is 0 Å². The summed E-state index contributed by atoms with van der Waals surface area (Å²) in [6.45, 7) is 3.08. The quantitative estimate of drug-likeness (QED) is 0.535. The minimum absolute atomic E-state index is 0.00455. The number of amides is 1. The third-order valence-electron chi connectivity index (χ3n) is 6.02. The first-order valence-corrected chi connectivity index (χ1v) is 10.7. The largest absolute Gasteiger partial charge is 0.462 e. The Morgan fingerprint density at radius 1 is 0.742 bits per heavy atom. The van der Waals surface area contributed by atoms with Gasteiger partial charge in [0.1, 0.15) is 6.10 Å². The zero-order valence-electron chi connectivity index (χ0n) is 17.8. The highest BCUT2D eigenvalue weighted by Gasteiger charge is 2.47. The van der Waals surface area contributed by atoms with Crippen molar-refractivity contribution in [1.29, 1.82) is 0 Å². The van der Waals surface area contributed by atoms with Gasteiger partial charge in [-0.05, 0) is 16.7 Å². The van der Waals surface area contributed by atoms with Crippen molar-refractivity contribution in [1.82, 2.24) is 4.90 Å². The molecule has 3 aromatic rings. The Morgan fingerprint density at radius 2 is 1.23 bits per heavy atom. The molecule has 4 atom stereocenters. The number of ether oxygens (including phenoxy) is 1. The molecular formula is C27H27NO3. The van der Waals surface area contributed by atoms with E-state index in [-0.39, 0.29) is 36.0 Å². The van der Waals surface area contributed by atoms with E-state index >= 15 is 0 Å². The van der Waals surface area contributed by atoms with Crippen LogP contribution in [0.4, 0.5) is 0 Å². The Kier molecular flexibility index (Phi) is 6.17. The van der Waals surface area contributed by atoms with Gasteiger partial charge < -0.3 is 9.64 Å². The second-order valence-corrected chi connectivity index (χ2v) is 8.03. The van der Waals surface area contributed by atoms with Gasteiger partial charge in [-0.3, -0.25) is 9.59 Å². The molecule has 1 heterocycles. The van der Waals surface area contributed by atoms with Crippen LogP contribution in [0.2, 0.25) is 0 Å². The first kappa shape index (κ1) is 20.9. The minimum Gasteiger partial charge on any atom is -0.462 e. The Balaban J connectivity index is 1.91. The van der Waals surface area contributed by atoms with E-state index in [1.54, 1.807) is 6.92 Å². The van der Waals surface area contributed by atoms with Crippen molar-refractivity contribution in [3.63, 3.8) is 0 Å². The Labute approximate surface area is 183 Å². The summed E-state index contributed by atoms with van der Waals surface area (Å²) < 4.78 is 5.91. The van der Waals surface area contributed by atoms with Crippen LogP contribution in [0.25, 0.3) is 0 Å². The number of carbonyl (C=O) groups is 2. The maximum Gasteiger partial charge on any atom is 0.302 e. The van der Waals surface area contributed by atoms with Crippen molar-refractivity contribution in [2.75, 3.05) is 0 Å². The van der Waals surface area contributed by atoms with Crippen LogP contribution < -0.4 is 0 Å². The standard InChI is InChI=1S/C27H27NO3/c1-19(29)28-24(21-12-6-3-7-13-21)18-25(31-20(2)30)26(22-14-8-4-9-15-22)27(28)23-16-10-5-11-17-23/h3-17,24-27H,18H2,1-2H3/t24-,25-,26+,27-/m1/s1. The van der Waals surface area contributed by atoms with Crippen molar-refractivity contribution < 1.29 is 14.3 Å². The van der Waals surface area contributed by atoms with Crippen LogP contribution >= 0.6 is 0 Å². The molecule has 31 heavy (non-hydrogen) atoms. The fourth-order valence-electron chi connectivity index (χ4n) is 4.86. The van der Waals surface area contributed by atoms with E-state index in [1.807, 2.05) is 71.6 Å². The number of benzene rings is 3. The first-order chi connectivity index (χ1) is 15.1. The molecule has 1 saturated heterocycles. The summed E-state index contributed by atoms with van der Waals surface area (Å²) in [7, 11) is 0. The average molecular weight is 414 g/mol. The molecule has 158 valence electrons. The van der Waals surface area contributed by atoms with Crippen molar-refractivity contribution in [3.8, 4) is 0 Å². The Hall–Kier alpha value is -3.40. The maximum absolute atomic E-state index is 13.1. The van der Waals surface area contributed by atoms with Gasteiger partial charge in [-0.25, -0.2) is 0 Å². The average Bonchev–Trinajstić information content (AvgIpc) is 2.79. The molecule has 3 aromatic carbocycles. The molecule has 0 aliphatic carbocycles. The van der Waals surface area contributed by atoms with E-state index in [0.717, 1.165) is 16.7 Å². The smallest absolute Gasteiger partial charge is 0.302 e. The van der Waals surface area contributed by atoms with Gasteiger partial charge in [0.2, 0.25) is 5.91 Å². The molecule has 0 radical (unpaired) electrons. The lowest BCUT2D eigenvalue weighted by molar-refractivity contribution is -0.157. The summed E-state index contributed by atoms with van der Waals surface area (Å²) in [6.07, 6.45) is 0.192. The zero-order chi connectivity index (χ0) is 21.8. The molecule has 4 nitrogen and oxygen atoms in total. The topological polar surface area (TPSA) is 46.6 Å². The molecule has 4 heteroatoms. The molecule has 1 aliphatic rings. The normalized spacial score (nSPS) is 23.2. The molecule has 0 spiro atoms. The Morgan fingerprint density at radius 3 is 1.71 bits per heavy atom. The van der Waals surface area contributed by atoms with Crippen molar-refractivity contribution >= 4 is 11.9 Å². The fourth-order valence-corrected chi connectivity index (χ4v) is 4.86. The lowest BCUT2D eigenvalue weighted by Crippen LogP contribution is -2.49. The summed E-state index contributed by atoms with van der Waals surface area (Å²) in [5, 5.41) is 0. The monoisotopic (exact) mass is 413 g/mol. The van der Waals surface area contributed by atoms with Crippen LogP contribution in [0.15, 0.2) is 91.0 Å². The molecule has 0 N–H and O–H groups in total. The molecule has 0 bridgehead atoms. The van der Waals surface area contributed by atoms with Gasteiger partial charge in [0, 0.05) is 26.2 Å². The number of hydrogen-bond acceptors (Lipinski definition) is 3. The van der Waals surface area contributed by atoms with E-state index < -0.39 is 0 Å².